The monoisotopic (exact) mass is 241 g/mol. The van der Waals surface area contributed by atoms with Gasteiger partial charge >= 0.3 is 0 Å². The molecule has 3 heteroatoms. The van der Waals surface area contributed by atoms with Gasteiger partial charge in [-0.1, -0.05) is 42.5 Å². The first-order valence-corrected chi connectivity index (χ1v) is 5.80. The lowest BCUT2D eigenvalue weighted by Crippen LogP contribution is -2.00. The van der Waals surface area contributed by atoms with Gasteiger partial charge in [0.15, 0.2) is 6.29 Å². The summed E-state index contributed by atoms with van der Waals surface area (Å²) in [5.74, 6) is 0. The third kappa shape index (κ3) is 2.26. The SMILES string of the molecule is Nc1c(CCO)cccc1-c1ccccc1C=O. The summed E-state index contributed by atoms with van der Waals surface area (Å²) < 4.78 is 0. The molecule has 2 aromatic rings. The van der Waals surface area contributed by atoms with Crippen LogP contribution in [0.4, 0.5) is 5.69 Å². The number of carbonyl (C=O) groups is 1. The largest absolute Gasteiger partial charge is 0.398 e. The minimum atomic E-state index is 0.0585. The Balaban J connectivity index is 2.57. The van der Waals surface area contributed by atoms with E-state index in [1.54, 1.807) is 6.07 Å². The standard InChI is InChI=1S/C15H15NO2/c16-15-11(8-9-17)5-3-7-14(15)13-6-2-1-4-12(13)10-18/h1-7,10,17H,8-9,16H2. The summed E-state index contributed by atoms with van der Waals surface area (Å²) >= 11 is 0. The van der Waals surface area contributed by atoms with E-state index in [0.29, 0.717) is 17.7 Å². The van der Waals surface area contributed by atoms with Crippen LogP contribution in [0.3, 0.4) is 0 Å². The predicted molar refractivity (Wildman–Crippen MR) is 72.5 cm³/mol. The van der Waals surface area contributed by atoms with E-state index in [1.165, 1.54) is 0 Å². The molecule has 2 rings (SSSR count). The average Bonchev–Trinajstić information content (AvgIpc) is 2.41. The Hall–Kier alpha value is -2.13. The molecular weight excluding hydrogens is 226 g/mol. The molecule has 2 aromatic carbocycles. The molecule has 3 N–H and O–H groups in total. The molecule has 0 amide bonds. The Morgan fingerprint density at radius 1 is 1.06 bits per heavy atom. The second-order valence-electron chi connectivity index (χ2n) is 4.06. The Morgan fingerprint density at radius 3 is 2.50 bits per heavy atom. The molecule has 0 atom stereocenters. The van der Waals surface area contributed by atoms with Crippen molar-refractivity contribution in [2.45, 2.75) is 6.42 Å². The van der Waals surface area contributed by atoms with Crippen molar-refractivity contribution >= 4 is 12.0 Å². The van der Waals surface area contributed by atoms with Gasteiger partial charge < -0.3 is 10.8 Å². The molecule has 0 radical (unpaired) electrons. The topological polar surface area (TPSA) is 63.3 Å². The Labute approximate surface area is 106 Å². The number of anilines is 1. The van der Waals surface area contributed by atoms with Gasteiger partial charge in [0.2, 0.25) is 0 Å². The van der Waals surface area contributed by atoms with E-state index in [9.17, 15) is 4.79 Å². The normalized spacial score (nSPS) is 10.3. The first-order valence-electron chi connectivity index (χ1n) is 5.80. The van der Waals surface area contributed by atoms with E-state index >= 15 is 0 Å². The van der Waals surface area contributed by atoms with Crippen molar-refractivity contribution in [2.24, 2.45) is 0 Å². The van der Waals surface area contributed by atoms with Crippen molar-refractivity contribution in [1.82, 2.24) is 0 Å². The van der Waals surface area contributed by atoms with Gasteiger partial charge in [0.05, 0.1) is 0 Å². The van der Waals surface area contributed by atoms with Crippen molar-refractivity contribution in [3.05, 3.63) is 53.6 Å². The molecule has 0 unspecified atom stereocenters. The fourth-order valence-electron chi connectivity index (χ4n) is 2.03. The maximum atomic E-state index is 11.0. The molecule has 0 aromatic heterocycles. The Morgan fingerprint density at radius 2 is 1.78 bits per heavy atom. The van der Waals surface area contributed by atoms with Crippen LogP contribution in [0.2, 0.25) is 0 Å². The molecule has 92 valence electrons. The molecular formula is C15H15NO2. The fraction of sp³-hybridized carbons (Fsp3) is 0.133. The van der Waals surface area contributed by atoms with Gasteiger partial charge in [-0.2, -0.15) is 0 Å². The number of rotatable bonds is 4. The van der Waals surface area contributed by atoms with Gasteiger partial charge in [0.25, 0.3) is 0 Å². The molecule has 18 heavy (non-hydrogen) atoms. The van der Waals surface area contributed by atoms with Crippen LogP contribution in [0.1, 0.15) is 15.9 Å². The molecule has 0 aliphatic rings. The third-order valence-electron chi connectivity index (χ3n) is 2.96. The molecule has 0 aliphatic carbocycles. The van der Waals surface area contributed by atoms with Crippen LogP contribution in [0, 0.1) is 0 Å². The highest BCUT2D eigenvalue weighted by Crippen LogP contribution is 2.30. The van der Waals surface area contributed by atoms with Crippen LogP contribution in [0.15, 0.2) is 42.5 Å². The summed E-state index contributed by atoms with van der Waals surface area (Å²) in [5, 5.41) is 8.99. The zero-order valence-electron chi connectivity index (χ0n) is 9.97. The van der Waals surface area contributed by atoms with E-state index in [2.05, 4.69) is 0 Å². The fourth-order valence-corrected chi connectivity index (χ4v) is 2.03. The Kier molecular flexibility index (Phi) is 3.75. The second-order valence-corrected chi connectivity index (χ2v) is 4.06. The van der Waals surface area contributed by atoms with E-state index in [-0.39, 0.29) is 6.61 Å². The number of nitrogen functional groups attached to an aromatic ring is 1. The minimum absolute atomic E-state index is 0.0585. The first kappa shape index (κ1) is 12.3. The number of benzene rings is 2. The maximum Gasteiger partial charge on any atom is 0.150 e. The van der Waals surface area contributed by atoms with Crippen LogP contribution in [-0.4, -0.2) is 18.0 Å². The van der Waals surface area contributed by atoms with Gasteiger partial charge in [-0.3, -0.25) is 4.79 Å². The number of hydrogen-bond acceptors (Lipinski definition) is 3. The second kappa shape index (κ2) is 5.47. The highest BCUT2D eigenvalue weighted by Gasteiger charge is 2.09. The van der Waals surface area contributed by atoms with Gasteiger partial charge in [-0.15, -0.1) is 0 Å². The third-order valence-corrected chi connectivity index (χ3v) is 2.96. The highest BCUT2D eigenvalue weighted by molar-refractivity contribution is 5.91. The molecule has 0 bridgehead atoms. The van der Waals surface area contributed by atoms with Gasteiger partial charge in [-0.25, -0.2) is 0 Å². The quantitative estimate of drug-likeness (QED) is 0.637. The molecule has 0 saturated carbocycles. The summed E-state index contributed by atoms with van der Waals surface area (Å²) in [6.45, 7) is 0.0585. The van der Waals surface area contributed by atoms with E-state index in [4.69, 9.17) is 10.8 Å². The van der Waals surface area contributed by atoms with Crippen LogP contribution in [0.5, 0.6) is 0 Å². The average molecular weight is 241 g/mol. The molecule has 0 saturated heterocycles. The van der Waals surface area contributed by atoms with Crippen LogP contribution in [-0.2, 0) is 6.42 Å². The molecule has 0 heterocycles. The summed E-state index contributed by atoms with van der Waals surface area (Å²) in [4.78, 5) is 11.0. The zero-order chi connectivity index (χ0) is 13.0. The summed E-state index contributed by atoms with van der Waals surface area (Å²) in [7, 11) is 0. The van der Waals surface area contributed by atoms with Crippen LogP contribution in [0.25, 0.3) is 11.1 Å². The van der Waals surface area contributed by atoms with Crippen molar-refractivity contribution < 1.29 is 9.90 Å². The lowest BCUT2D eigenvalue weighted by molar-refractivity contribution is 0.112. The number of aliphatic hydroxyl groups excluding tert-OH is 1. The molecule has 0 fully saturated rings. The van der Waals surface area contributed by atoms with Crippen LogP contribution < -0.4 is 5.73 Å². The molecule has 0 spiro atoms. The van der Waals surface area contributed by atoms with E-state index in [0.717, 1.165) is 23.0 Å². The number of nitrogens with two attached hydrogens (primary N) is 1. The predicted octanol–water partition coefficient (Wildman–Crippen LogP) is 2.28. The summed E-state index contributed by atoms with van der Waals surface area (Å²) in [5.41, 5.74) is 9.90. The number of carbonyl (C=O) groups excluding carboxylic acids is 1. The first-order chi connectivity index (χ1) is 8.77. The smallest absolute Gasteiger partial charge is 0.150 e. The minimum Gasteiger partial charge on any atom is -0.398 e. The lowest BCUT2D eigenvalue weighted by Gasteiger charge is -2.12. The lowest BCUT2D eigenvalue weighted by atomic mass is 9.96. The van der Waals surface area contributed by atoms with Crippen molar-refractivity contribution in [1.29, 1.82) is 0 Å². The van der Waals surface area contributed by atoms with Gasteiger partial charge in [-0.05, 0) is 17.5 Å². The van der Waals surface area contributed by atoms with Gasteiger partial charge in [0.1, 0.15) is 0 Å². The highest BCUT2D eigenvalue weighted by atomic mass is 16.2. The van der Waals surface area contributed by atoms with Crippen molar-refractivity contribution in [2.75, 3.05) is 12.3 Å². The van der Waals surface area contributed by atoms with Crippen molar-refractivity contribution in [3.63, 3.8) is 0 Å². The van der Waals surface area contributed by atoms with Crippen LogP contribution >= 0.6 is 0 Å². The number of aliphatic hydroxyl groups is 1. The molecule has 0 aliphatic heterocycles. The van der Waals surface area contributed by atoms with Crippen molar-refractivity contribution in [3.8, 4) is 11.1 Å². The van der Waals surface area contributed by atoms with E-state index < -0.39 is 0 Å². The summed E-state index contributed by atoms with van der Waals surface area (Å²) in [6.07, 6.45) is 1.34. The summed E-state index contributed by atoms with van der Waals surface area (Å²) in [6, 6.07) is 13.0. The number of aldehydes is 1. The Bertz CT molecular complexity index is 564. The number of hydrogen-bond donors (Lipinski definition) is 2. The molecule has 3 nitrogen and oxygen atoms in total. The number of para-hydroxylation sites is 1. The van der Waals surface area contributed by atoms with Gasteiger partial charge in [0, 0.05) is 23.4 Å². The zero-order valence-corrected chi connectivity index (χ0v) is 9.97. The van der Waals surface area contributed by atoms with E-state index in [1.807, 2.05) is 36.4 Å². The maximum absolute atomic E-state index is 11.0.